The summed E-state index contributed by atoms with van der Waals surface area (Å²) in [6.07, 6.45) is 3.27. The molecule has 3 heterocycles. The summed E-state index contributed by atoms with van der Waals surface area (Å²) in [7, 11) is 3.77. The summed E-state index contributed by atoms with van der Waals surface area (Å²) >= 11 is 1.27. The molecule has 0 amide bonds. The first-order valence-electron chi connectivity index (χ1n) is 6.12. The summed E-state index contributed by atoms with van der Waals surface area (Å²) in [5.41, 5.74) is 0.700. The Morgan fingerprint density at radius 3 is 2.95 bits per heavy atom. The lowest BCUT2D eigenvalue weighted by Crippen LogP contribution is -2.17. The quantitative estimate of drug-likeness (QED) is 0.706. The highest BCUT2D eigenvalue weighted by atomic mass is 32.1. The molecule has 3 aromatic rings. The van der Waals surface area contributed by atoms with Crippen LogP contribution >= 0.6 is 11.5 Å². The first-order valence-corrected chi connectivity index (χ1v) is 6.89. The zero-order valence-corrected chi connectivity index (χ0v) is 12.2. The van der Waals surface area contributed by atoms with E-state index < -0.39 is 5.76 Å². The summed E-state index contributed by atoms with van der Waals surface area (Å²) in [6.45, 7) is 0.205. The van der Waals surface area contributed by atoms with Crippen molar-refractivity contribution < 1.29 is 4.52 Å². The zero-order chi connectivity index (χ0) is 14.8. The first kappa shape index (κ1) is 13.4. The van der Waals surface area contributed by atoms with Gasteiger partial charge in [0, 0.05) is 43.6 Å². The fourth-order valence-corrected chi connectivity index (χ4v) is 2.34. The predicted molar refractivity (Wildman–Crippen MR) is 77.3 cm³/mol. The van der Waals surface area contributed by atoms with E-state index in [0.717, 1.165) is 5.13 Å². The minimum Gasteiger partial charge on any atom is -0.353 e. The predicted octanol–water partition coefficient (Wildman–Crippen LogP) is 0.864. The van der Waals surface area contributed by atoms with Crippen molar-refractivity contribution in [3.8, 4) is 11.4 Å². The van der Waals surface area contributed by atoms with Gasteiger partial charge >= 0.3 is 5.76 Å². The Bertz CT molecular complexity index is 791. The first-order chi connectivity index (χ1) is 10.1. The summed E-state index contributed by atoms with van der Waals surface area (Å²) in [5, 5.41) is 4.57. The molecule has 0 aromatic carbocycles. The maximum absolute atomic E-state index is 11.8. The number of anilines is 1. The van der Waals surface area contributed by atoms with Crippen LogP contribution in [0.4, 0.5) is 5.13 Å². The van der Waals surface area contributed by atoms with Crippen LogP contribution in [0.25, 0.3) is 11.4 Å². The van der Waals surface area contributed by atoms with Crippen molar-refractivity contribution in [2.45, 2.75) is 6.54 Å². The number of nitrogens with zero attached hydrogens (tertiary/aromatic N) is 6. The van der Waals surface area contributed by atoms with E-state index in [1.807, 2.05) is 19.0 Å². The van der Waals surface area contributed by atoms with Gasteiger partial charge in [-0.05, 0) is 12.1 Å². The number of aromatic nitrogens is 5. The van der Waals surface area contributed by atoms with Gasteiger partial charge in [0.2, 0.25) is 5.13 Å². The molecule has 0 unspecified atom stereocenters. The van der Waals surface area contributed by atoms with Gasteiger partial charge in [-0.1, -0.05) is 5.16 Å². The van der Waals surface area contributed by atoms with Crippen LogP contribution in [0.3, 0.4) is 0 Å². The fraction of sp³-hybridized carbons (Fsp3) is 0.250. The number of hydrogen-bond donors (Lipinski definition) is 0. The largest absolute Gasteiger partial charge is 0.442 e. The summed E-state index contributed by atoms with van der Waals surface area (Å²) in [4.78, 5) is 22.0. The van der Waals surface area contributed by atoms with E-state index in [9.17, 15) is 4.79 Å². The van der Waals surface area contributed by atoms with E-state index in [2.05, 4.69) is 19.5 Å². The monoisotopic (exact) mass is 304 g/mol. The van der Waals surface area contributed by atoms with Crippen LogP contribution in [0.5, 0.6) is 0 Å². The number of rotatable bonds is 4. The molecule has 0 spiro atoms. The van der Waals surface area contributed by atoms with Crippen molar-refractivity contribution in [1.82, 2.24) is 24.1 Å². The molecule has 21 heavy (non-hydrogen) atoms. The molecule has 0 N–H and O–H groups in total. The van der Waals surface area contributed by atoms with E-state index >= 15 is 0 Å². The fourth-order valence-electron chi connectivity index (χ4n) is 1.74. The highest BCUT2D eigenvalue weighted by molar-refractivity contribution is 7.09. The second kappa shape index (κ2) is 5.44. The van der Waals surface area contributed by atoms with Crippen molar-refractivity contribution in [3.05, 3.63) is 40.9 Å². The molecule has 0 saturated heterocycles. The van der Waals surface area contributed by atoms with E-state index in [1.165, 1.54) is 16.1 Å². The normalized spacial score (nSPS) is 10.8. The molecule has 0 saturated carbocycles. The molecule has 3 rings (SSSR count). The Kier molecular flexibility index (Phi) is 3.48. The van der Waals surface area contributed by atoms with E-state index in [4.69, 9.17) is 4.52 Å². The van der Waals surface area contributed by atoms with Crippen molar-refractivity contribution in [1.29, 1.82) is 0 Å². The second-order valence-corrected chi connectivity index (χ2v) is 5.22. The molecule has 3 aromatic heterocycles. The third-order valence-electron chi connectivity index (χ3n) is 2.75. The van der Waals surface area contributed by atoms with Crippen LogP contribution in [0.2, 0.25) is 0 Å². The van der Waals surface area contributed by atoms with Gasteiger partial charge in [-0.25, -0.2) is 14.3 Å². The molecule has 108 valence electrons. The van der Waals surface area contributed by atoms with Crippen LogP contribution in [0.1, 0.15) is 5.82 Å². The van der Waals surface area contributed by atoms with Crippen LogP contribution < -0.4 is 10.7 Å². The molecule has 0 fully saturated rings. The highest BCUT2D eigenvalue weighted by Gasteiger charge is 2.15. The van der Waals surface area contributed by atoms with Gasteiger partial charge in [0.1, 0.15) is 0 Å². The van der Waals surface area contributed by atoms with Crippen LogP contribution in [0, 0.1) is 0 Å². The molecule has 0 radical (unpaired) electrons. The van der Waals surface area contributed by atoms with Crippen LogP contribution in [0.15, 0.2) is 33.8 Å². The van der Waals surface area contributed by atoms with Gasteiger partial charge in [-0.3, -0.25) is 9.51 Å². The Morgan fingerprint density at radius 1 is 1.43 bits per heavy atom. The van der Waals surface area contributed by atoms with E-state index in [0.29, 0.717) is 17.2 Å². The lowest BCUT2D eigenvalue weighted by molar-refractivity contribution is 0.377. The highest BCUT2D eigenvalue weighted by Crippen LogP contribution is 2.17. The molecular formula is C12H12N6O2S. The Labute approximate surface area is 123 Å². The van der Waals surface area contributed by atoms with Crippen molar-refractivity contribution >= 4 is 16.7 Å². The maximum atomic E-state index is 11.8. The van der Waals surface area contributed by atoms with Crippen molar-refractivity contribution in [2.75, 3.05) is 19.0 Å². The SMILES string of the molecule is CN(C)c1nc(Cn2c(-c3cccnc3)noc2=O)ns1. The average molecular weight is 304 g/mol. The minimum absolute atomic E-state index is 0.205. The lowest BCUT2D eigenvalue weighted by atomic mass is 10.3. The molecule has 0 aliphatic carbocycles. The summed E-state index contributed by atoms with van der Waals surface area (Å²) in [5.74, 6) is 0.406. The Morgan fingerprint density at radius 2 is 2.29 bits per heavy atom. The molecule has 0 aliphatic rings. The molecule has 8 nitrogen and oxygen atoms in total. The van der Waals surface area contributed by atoms with Gasteiger partial charge in [0.25, 0.3) is 0 Å². The topological polar surface area (TPSA) is 89.9 Å². The smallest absolute Gasteiger partial charge is 0.353 e. The minimum atomic E-state index is -0.546. The van der Waals surface area contributed by atoms with Crippen molar-refractivity contribution in [2.24, 2.45) is 0 Å². The molecule has 0 bridgehead atoms. The molecular weight excluding hydrogens is 292 g/mol. The Hall–Kier alpha value is -2.55. The maximum Gasteiger partial charge on any atom is 0.442 e. The molecule has 0 atom stereocenters. The van der Waals surface area contributed by atoms with Gasteiger partial charge in [0.15, 0.2) is 11.6 Å². The van der Waals surface area contributed by atoms with Gasteiger partial charge in [-0.2, -0.15) is 4.37 Å². The number of pyridine rings is 1. The molecule has 0 aliphatic heterocycles. The van der Waals surface area contributed by atoms with Crippen molar-refractivity contribution in [3.63, 3.8) is 0 Å². The Balaban J connectivity index is 1.95. The van der Waals surface area contributed by atoms with Gasteiger partial charge < -0.3 is 4.90 Å². The van der Waals surface area contributed by atoms with Gasteiger partial charge in [0.05, 0.1) is 6.54 Å². The number of hydrogen-bond acceptors (Lipinski definition) is 8. The third kappa shape index (κ3) is 2.68. The second-order valence-electron chi connectivity index (χ2n) is 4.49. The zero-order valence-electron chi connectivity index (χ0n) is 11.4. The van der Waals surface area contributed by atoms with E-state index in [-0.39, 0.29) is 6.54 Å². The van der Waals surface area contributed by atoms with Crippen LogP contribution in [-0.4, -0.2) is 38.2 Å². The lowest BCUT2D eigenvalue weighted by Gasteiger charge is -2.04. The van der Waals surface area contributed by atoms with Crippen LogP contribution in [-0.2, 0) is 6.54 Å². The standard InChI is InChI=1S/C12H12N6O2S/c1-17(2)11-14-9(16-21-11)7-18-10(15-20-12(18)19)8-4-3-5-13-6-8/h3-6H,7H2,1-2H3. The van der Waals surface area contributed by atoms with E-state index in [1.54, 1.807) is 24.5 Å². The van der Waals surface area contributed by atoms with Gasteiger partial charge in [-0.15, -0.1) is 0 Å². The summed E-state index contributed by atoms with van der Waals surface area (Å²) in [6, 6.07) is 3.57. The average Bonchev–Trinajstić information content (AvgIpc) is 3.09. The third-order valence-corrected chi connectivity index (χ3v) is 3.67. The summed E-state index contributed by atoms with van der Waals surface area (Å²) < 4.78 is 10.4. The molecule has 9 heteroatoms.